The molecule has 6 heteroatoms. The van der Waals surface area contributed by atoms with E-state index in [1.54, 1.807) is 54.9 Å². The molecule has 2 aromatic carbocycles. The number of nitrogens with zero attached hydrogens (tertiary/aromatic N) is 1. The SMILES string of the molecule is O=C(Nc1ccc2cc[nH]c2c1)/C(=C\c1cccnc1)NC(=O)c1ccccc1. The monoisotopic (exact) mass is 382 g/mol. The Morgan fingerprint density at radius 3 is 2.62 bits per heavy atom. The van der Waals surface area contributed by atoms with Crippen molar-refractivity contribution in [2.45, 2.75) is 0 Å². The molecule has 142 valence electrons. The highest BCUT2D eigenvalue weighted by Gasteiger charge is 2.15. The highest BCUT2D eigenvalue weighted by molar-refractivity contribution is 6.11. The fourth-order valence-electron chi connectivity index (χ4n) is 2.89. The van der Waals surface area contributed by atoms with Crippen LogP contribution in [0.15, 0.2) is 91.0 Å². The van der Waals surface area contributed by atoms with Gasteiger partial charge >= 0.3 is 0 Å². The Bertz CT molecular complexity index is 1180. The van der Waals surface area contributed by atoms with Crippen LogP contribution in [0.25, 0.3) is 17.0 Å². The van der Waals surface area contributed by atoms with Crippen LogP contribution in [0.1, 0.15) is 15.9 Å². The number of anilines is 1. The van der Waals surface area contributed by atoms with Gasteiger partial charge in [0.2, 0.25) is 0 Å². The number of nitrogens with one attached hydrogen (secondary N) is 3. The van der Waals surface area contributed by atoms with Gasteiger partial charge in [-0.05, 0) is 53.4 Å². The number of amides is 2. The van der Waals surface area contributed by atoms with Crippen LogP contribution in [-0.2, 0) is 4.79 Å². The molecule has 0 atom stereocenters. The zero-order valence-electron chi connectivity index (χ0n) is 15.4. The van der Waals surface area contributed by atoms with Gasteiger partial charge in [0.25, 0.3) is 11.8 Å². The molecular formula is C23H18N4O2. The van der Waals surface area contributed by atoms with Crippen LogP contribution in [0.3, 0.4) is 0 Å². The molecule has 0 aliphatic heterocycles. The highest BCUT2D eigenvalue weighted by Crippen LogP contribution is 2.18. The van der Waals surface area contributed by atoms with Crippen molar-refractivity contribution in [1.82, 2.24) is 15.3 Å². The first kappa shape index (κ1) is 18.2. The summed E-state index contributed by atoms with van der Waals surface area (Å²) in [5.74, 6) is -0.792. The van der Waals surface area contributed by atoms with Crippen LogP contribution < -0.4 is 10.6 Å². The second-order valence-electron chi connectivity index (χ2n) is 6.40. The molecule has 4 rings (SSSR count). The number of carbonyl (C=O) groups is 2. The number of fused-ring (bicyclic) bond motifs is 1. The second kappa shape index (κ2) is 8.22. The lowest BCUT2D eigenvalue weighted by Crippen LogP contribution is -2.30. The normalized spacial score (nSPS) is 11.2. The van der Waals surface area contributed by atoms with E-state index >= 15 is 0 Å². The van der Waals surface area contributed by atoms with E-state index in [0.29, 0.717) is 16.8 Å². The predicted octanol–water partition coefficient (Wildman–Crippen LogP) is 3.97. The van der Waals surface area contributed by atoms with Crippen molar-refractivity contribution in [3.8, 4) is 0 Å². The van der Waals surface area contributed by atoms with Gasteiger partial charge in [-0.15, -0.1) is 0 Å². The summed E-state index contributed by atoms with van der Waals surface area (Å²) in [5, 5.41) is 6.59. The molecule has 2 aromatic heterocycles. The minimum Gasteiger partial charge on any atom is -0.361 e. The maximum atomic E-state index is 12.9. The molecule has 2 amide bonds. The lowest BCUT2D eigenvalue weighted by atomic mass is 10.2. The highest BCUT2D eigenvalue weighted by atomic mass is 16.2. The molecule has 0 spiro atoms. The third-order valence-electron chi connectivity index (χ3n) is 4.34. The molecule has 6 nitrogen and oxygen atoms in total. The van der Waals surface area contributed by atoms with Crippen molar-refractivity contribution < 1.29 is 9.59 Å². The van der Waals surface area contributed by atoms with E-state index in [2.05, 4.69) is 20.6 Å². The van der Waals surface area contributed by atoms with Gasteiger partial charge in [0.1, 0.15) is 5.70 Å². The van der Waals surface area contributed by atoms with Crippen molar-refractivity contribution in [1.29, 1.82) is 0 Å². The first-order valence-electron chi connectivity index (χ1n) is 9.06. The summed E-state index contributed by atoms with van der Waals surface area (Å²) >= 11 is 0. The molecule has 29 heavy (non-hydrogen) atoms. The van der Waals surface area contributed by atoms with E-state index in [9.17, 15) is 9.59 Å². The molecule has 0 aliphatic rings. The Labute approximate surface area is 167 Å². The van der Waals surface area contributed by atoms with Gasteiger partial charge in [0, 0.05) is 35.4 Å². The zero-order chi connectivity index (χ0) is 20.1. The molecule has 4 aromatic rings. The summed E-state index contributed by atoms with van der Waals surface area (Å²) in [6.07, 6.45) is 6.69. The quantitative estimate of drug-likeness (QED) is 0.457. The van der Waals surface area contributed by atoms with E-state index in [1.165, 1.54) is 0 Å². The number of hydrogen-bond donors (Lipinski definition) is 3. The number of benzene rings is 2. The molecule has 0 unspecified atom stereocenters. The Morgan fingerprint density at radius 1 is 0.966 bits per heavy atom. The zero-order valence-corrected chi connectivity index (χ0v) is 15.4. The van der Waals surface area contributed by atoms with Crippen molar-refractivity contribution in [2.75, 3.05) is 5.32 Å². The minimum atomic E-state index is -0.427. The van der Waals surface area contributed by atoms with Crippen LogP contribution in [0.2, 0.25) is 0 Å². The summed E-state index contributed by atoms with van der Waals surface area (Å²) in [4.78, 5) is 32.7. The number of aromatic nitrogens is 2. The number of pyridine rings is 1. The molecule has 0 aliphatic carbocycles. The van der Waals surface area contributed by atoms with Crippen LogP contribution in [0.4, 0.5) is 5.69 Å². The largest absolute Gasteiger partial charge is 0.361 e. The van der Waals surface area contributed by atoms with Gasteiger partial charge in [-0.1, -0.05) is 30.3 Å². The van der Waals surface area contributed by atoms with Gasteiger partial charge in [0.05, 0.1) is 0 Å². The predicted molar refractivity (Wildman–Crippen MR) is 113 cm³/mol. The van der Waals surface area contributed by atoms with Crippen LogP contribution in [0, 0.1) is 0 Å². The van der Waals surface area contributed by atoms with Gasteiger partial charge in [0.15, 0.2) is 0 Å². The van der Waals surface area contributed by atoms with Gasteiger partial charge < -0.3 is 15.6 Å². The van der Waals surface area contributed by atoms with Crippen LogP contribution >= 0.6 is 0 Å². The molecule has 0 bridgehead atoms. The smallest absolute Gasteiger partial charge is 0.272 e. The second-order valence-corrected chi connectivity index (χ2v) is 6.40. The molecule has 0 fully saturated rings. The number of aromatic amines is 1. The van der Waals surface area contributed by atoms with E-state index in [4.69, 9.17) is 0 Å². The van der Waals surface area contributed by atoms with Gasteiger partial charge in [-0.25, -0.2) is 0 Å². The first-order chi connectivity index (χ1) is 14.2. The standard InChI is InChI=1S/C23H18N4O2/c28-22(18-6-2-1-3-7-18)27-21(13-16-5-4-11-24-15-16)23(29)26-19-9-8-17-10-12-25-20(17)14-19/h1-15,25H,(H,26,29)(H,27,28)/b21-13+. The Balaban J connectivity index is 1.60. The third-order valence-corrected chi connectivity index (χ3v) is 4.34. The maximum absolute atomic E-state index is 12.9. The van der Waals surface area contributed by atoms with Gasteiger partial charge in [-0.2, -0.15) is 0 Å². The Kier molecular flexibility index (Phi) is 5.16. The fourth-order valence-corrected chi connectivity index (χ4v) is 2.89. The van der Waals surface area contributed by atoms with E-state index in [1.807, 2.05) is 36.5 Å². The van der Waals surface area contributed by atoms with E-state index in [-0.39, 0.29) is 11.6 Å². The topological polar surface area (TPSA) is 86.9 Å². The molecule has 0 saturated carbocycles. The summed E-state index contributed by atoms with van der Waals surface area (Å²) in [5.41, 5.74) is 2.82. The molecular weight excluding hydrogens is 364 g/mol. The van der Waals surface area contributed by atoms with Gasteiger partial charge in [-0.3, -0.25) is 14.6 Å². The number of hydrogen-bond acceptors (Lipinski definition) is 3. The third kappa shape index (κ3) is 4.39. The number of rotatable bonds is 5. The summed E-state index contributed by atoms with van der Waals surface area (Å²) in [6, 6.07) is 19.8. The first-order valence-corrected chi connectivity index (χ1v) is 9.06. The molecule has 0 radical (unpaired) electrons. The molecule has 0 saturated heterocycles. The fraction of sp³-hybridized carbons (Fsp3) is 0. The average Bonchev–Trinajstić information content (AvgIpc) is 3.22. The van der Waals surface area contributed by atoms with Crippen LogP contribution in [-0.4, -0.2) is 21.8 Å². The van der Waals surface area contributed by atoms with Crippen molar-refractivity contribution in [2.24, 2.45) is 0 Å². The average molecular weight is 382 g/mol. The summed E-state index contributed by atoms with van der Waals surface area (Å²) < 4.78 is 0. The number of carbonyl (C=O) groups excluding carboxylic acids is 2. The minimum absolute atomic E-state index is 0.124. The maximum Gasteiger partial charge on any atom is 0.272 e. The Hall–Kier alpha value is -4.19. The van der Waals surface area contributed by atoms with E-state index in [0.717, 1.165) is 10.9 Å². The van der Waals surface area contributed by atoms with E-state index < -0.39 is 5.91 Å². The van der Waals surface area contributed by atoms with Crippen molar-refractivity contribution in [3.05, 3.63) is 102 Å². The number of H-pyrrole nitrogens is 1. The van der Waals surface area contributed by atoms with Crippen molar-refractivity contribution in [3.63, 3.8) is 0 Å². The lowest BCUT2D eigenvalue weighted by molar-refractivity contribution is -0.113. The summed E-state index contributed by atoms with van der Waals surface area (Å²) in [7, 11) is 0. The van der Waals surface area contributed by atoms with Crippen LogP contribution in [0.5, 0.6) is 0 Å². The lowest BCUT2D eigenvalue weighted by Gasteiger charge is -2.11. The molecule has 2 heterocycles. The Morgan fingerprint density at radius 2 is 1.83 bits per heavy atom. The van der Waals surface area contributed by atoms with Crippen molar-refractivity contribution >= 4 is 34.5 Å². The molecule has 3 N–H and O–H groups in total. The summed E-state index contributed by atoms with van der Waals surface area (Å²) in [6.45, 7) is 0.